The molecular formula is C24H38N4O4. The van der Waals surface area contributed by atoms with Crippen LogP contribution in [-0.2, 0) is 9.53 Å². The van der Waals surface area contributed by atoms with Gasteiger partial charge < -0.3 is 24.8 Å². The smallest absolute Gasteiger partial charge is 0.339 e. The van der Waals surface area contributed by atoms with Gasteiger partial charge in [0.05, 0.1) is 12.7 Å². The predicted octanol–water partition coefficient (Wildman–Crippen LogP) is 2.65. The molecule has 3 rings (SSSR count). The molecule has 2 saturated heterocycles. The van der Waals surface area contributed by atoms with Gasteiger partial charge in [-0.05, 0) is 64.1 Å². The number of amides is 2. The molecule has 1 aromatic rings. The van der Waals surface area contributed by atoms with Gasteiger partial charge in [0.25, 0.3) is 5.91 Å². The fourth-order valence-electron chi connectivity index (χ4n) is 4.92. The number of hydrogen-bond acceptors (Lipinski definition) is 5. The van der Waals surface area contributed by atoms with Gasteiger partial charge in [-0.25, -0.2) is 4.79 Å². The SMILES string of the molecule is COC(=O)c1c(C)[nH]c(C(=O)N2CCC(CC(=O)NCCN3CCCCCC3)CC2)c1C. The highest BCUT2D eigenvalue weighted by Crippen LogP contribution is 2.25. The second kappa shape index (κ2) is 11.5. The molecule has 8 heteroatoms. The van der Waals surface area contributed by atoms with E-state index in [9.17, 15) is 14.4 Å². The Morgan fingerprint density at radius 2 is 1.69 bits per heavy atom. The summed E-state index contributed by atoms with van der Waals surface area (Å²) in [5.41, 5.74) is 2.16. The van der Waals surface area contributed by atoms with E-state index in [-0.39, 0.29) is 11.8 Å². The maximum absolute atomic E-state index is 13.0. The monoisotopic (exact) mass is 446 g/mol. The number of aryl methyl sites for hydroxylation is 1. The molecule has 0 saturated carbocycles. The summed E-state index contributed by atoms with van der Waals surface area (Å²) in [5, 5.41) is 3.08. The first kappa shape index (κ1) is 24.3. The van der Waals surface area contributed by atoms with Crippen LogP contribution < -0.4 is 5.32 Å². The van der Waals surface area contributed by atoms with E-state index in [0.29, 0.717) is 54.5 Å². The van der Waals surface area contributed by atoms with Crippen molar-refractivity contribution in [3.63, 3.8) is 0 Å². The molecule has 0 radical (unpaired) electrons. The Kier molecular flexibility index (Phi) is 8.73. The topological polar surface area (TPSA) is 94.7 Å². The minimum Gasteiger partial charge on any atom is -0.465 e. The van der Waals surface area contributed by atoms with Gasteiger partial charge in [0, 0.05) is 38.3 Å². The number of aromatic nitrogens is 1. The van der Waals surface area contributed by atoms with Gasteiger partial charge in [0.1, 0.15) is 5.69 Å². The van der Waals surface area contributed by atoms with Crippen LogP contribution in [0.25, 0.3) is 0 Å². The number of nitrogens with one attached hydrogen (secondary N) is 2. The molecule has 8 nitrogen and oxygen atoms in total. The lowest BCUT2D eigenvalue weighted by molar-refractivity contribution is -0.122. The molecule has 0 unspecified atom stereocenters. The van der Waals surface area contributed by atoms with Gasteiger partial charge in [-0.2, -0.15) is 0 Å². The van der Waals surface area contributed by atoms with Crippen LogP contribution >= 0.6 is 0 Å². The number of H-pyrrole nitrogens is 1. The highest BCUT2D eigenvalue weighted by Gasteiger charge is 2.29. The Balaban J connectivity index is 1.42. The van der Waals surface area contributed by atoms with Gasteiger partial charge in [-0.3, -0.25) is 9.59 Å². The number of aromatic amines is 1. The van der Waals surface area contributed by atoms with Crippen LogP contribution in [0, 0.1) is 19.8 Å². The zero-order valence-corrected chi connectivity index (χ0v) is 19.8. The Labute approximate surface area is 191 Å². The average Bonchev–Trinajstić information content (AvgIpc) is 2.94. The lowest BCUT2D eigenvalue weighted by atomic mass is 9.93. The Morgan fingerprint density at radius 3 is 2.31 bits per heavy atom. The standard InChI is InChI=1S/C24H38N4O4/c1-17-21(24(31)32-3)18(2)26-22(17)23(30)28-13-8-19(9-14-28)16-20(29)25-10-15-27-11-6-4-5-7-12-27/h19,26H,4-16H2,1-3H3,(H,25,29). The maximum Gasteiger partial charge on any atom is 0.339 e. The second-order valence-corrected chi connectivity index (χ2v) is 9.16. The number of likely N-dealkylation sites (tertiary alicyclic amines) is 2. The quantitative estimate of drug-likeness (QED) is 0.628. The van der Waals surface area contributed by atoms with Crippen molar-refractivity contribution in [1.82, 2.24) is 20.1 Å². The van der Waals surface area contributed by atoms with Gasteiger partial charge in [0.15, 0.2) is 0 Å². The van der Waals surface area contributed by atoms with Crippen LogP contribution in [0.4, 0.5) is 0 Å². The van der Waals surface area contributed by atoms with E-state index < -0.39 is 5.97 Å². The van der Waals surface area contributed by atoms with Crippen LogP contribution in [0.5, 0.6) is 0 Å². The fraction of sp³-hybridized carbons (Fsp3) is 0.708. The number of esters is 1. The first-order valence-corrected chi connectivity index (χ1v) is 12.0. The van der Waals surface area contributed by atoms with Gasteiger partial charge in [0.2, 0.25) is 5.91 Å². The van der Waals surface area contributed by atoms with E-state index in [1.807, 2.05) is 4.90 Å². The molecule has 2 amide bonds. The van der Waals surface area contributed by atoms with Crippen molar-refractivity contribution in [3.05, 3.63) is 22.5 Å². The molecule has 0 spiro atoms. The molecule has 2 aliphatic rings. The lowest BCUT2D eigenvalue weighted by Crippen LogP contribution is -2.40. The molecule has 2 aliphatic heterocycles. The van der Waals surface area contributed by atoms with Crippen molar-refractivity contribution < 1.29 is 19.1 Å². The van der Waals surface area contributed by atoms with Gasteiger partial charge in [-0.1, -0.05) is 12.8 Å². The molecule has 0 aliphatic carbocycles. The van der Waals surface area contributed by atoms with E-state index in [2.05, 4.69) is 15.2 Å². The number of carbonyl (C=O) groups excluding carboxylic acids is 3. The van der Waals surface area contributed by atoms with E-state index in [1.165, 1.54) is 32.8 Å². The molecule has 3 heterocycles. The molecular weight excluding hydrogens is 408 g/mol. The molecule has 0 atom stereocenters. The normalized spacial score (nSPS) is 18.3. The summed E-state index contributed by atoms with van der Waals surface area (Å²) in [4.78, 5) is 44.7. The highest BCUT2D eigenvalue weighted by atomic mass is 16.5. The zero-order chi connectivity index (χ0) is 23.1. The Bertz CT molecular complexity index is 803. The third kappa shape index (κ3) is 6.12. The Hall–Kier alpha value is -2.35. The summed E-state index contributed by atoms with van der Waals surface area (Å²) in [6.07, 6.45) is 7.31. The highest BCUT2D eigenvalue weighted by molar-refractivity contribution is 6.00. The number of hydrogen-bond donors (Lipinski definition) is 2. The van der Waals surface area contributed by atoms with Crippen LogP contribution in [0.15, 0.2) is 0 Å². The van der Waals surface area contributed by atoms with Crippen molar-refractivity contribution in [1.29, 1.82) is 0 Å². The van der Waals surface area contributed by atoms with E-state index in [1.54, 1.807) is 13.8 Å². The summed E-state index contributed by atoms with van der Waals surface area (Å²) in [6.45, 7) is 8.71. The summed E-state index contributed by atoms with van der Waals surface area (Å²) >= 11 is 0. The average molecular weight is 447 g/mol. The number of piperidine rings is 1. The molecule has 0 bridgehead atoms. The van der Waals surface area contributed by atoms with Gasteiger partial charge in [-0.15, -0.1) is 0 Å². The van der Waals surface area contributed by atoms with E-state index >= 15 is 0 Å². The number of nitrogens with zero attached hydrogens (tertiary/aromatic N) is 2. The summed E-state index contributed by atoms with van der Waals surface area (Å²) in [5.74, 6) is -0.116. The number of carbonyl (C=O) groups is 3. The van der Waals surface area contributed by atoms with Crippen LogP contribution in [-0.4, -0.2) is 78.9 Å². The largest absolute Gasteiger partial charge is 0.465 e. The number of ether oxygens (including phenoxy) is 1. The molecule has 0 aromatic carbocycles. The fourth-order valence-corrected chi connectivity index (χ4v) is 4.92. The lowest BCUT2D eigenvalue weighted by Gasteiger charge is -2.31. The molecule has 2 fully saturated rings. The number of methoxy groups -OCH3 is 1. The Morgan fingerprint density at radius 1 is 1.03 bits per heavy atom. The first-order chi connectivity index (χ1) is 15.4. The molecule has 178 valence electrons. The first-order valence-electron chi connectivity index (χ1n) is 12.0. The number of rotatable bonds is 7. The van der Waals surface area contributed by atoms with Crippen molar-refractivity contribution >= 4 is 17.8 Å². The van der Waals surface area contributed by atoms with Crippen molar-refractivity contribution in [2.24, 2.45) is 5.92 Å². The summed E-state index contributed by atoms with van der Waals surface area (Å²) in [7, 11) is 1.34. The molecule has 2 N–H and O–H groups in total. The van der Waals surface area contributed by atoms with Crippen LogP contribution in [0.2, 0.25) is 0 Å². The summed E-state index contributed by atoms with van der Waals surface area (Å²) < 4.78 is 4.83. The van der Waals surface area contributed by atoms with E-state index in [4.69, 9.17) is 4.74 Å². The predicted molar refractivity (Wildman–Crippen MR) is 123 cm³/mol. The second-order valence-electron chi connectivity index (χ2n) is 9.16. The van der Waals surface area contributed by atoms with Crippen LogP contribution in [0.1, 0.15) is 77.0 Å². The molecule has 32 heavy (non-hydrogen) atoms. The van der Waals surface area contributed by atoms with Gasteiger partial charge >= 0.3 is 5.97 Å². The van der Waals surface area contributed by atoms with Crippen molar-refractivity contribution in [2.75, 3.05) is 46.4 Å². The zero-order valence-electron chi connectivity index (χ0n) is 19.8. The van der Waals surface area contributed by atoms with Crippen molar-refractivity contribution in [2.45, 2.75) is 58.8 Å². The minimum atomic E-state index is -0.434. The third-order valence-corrected chi connectivity index (χ3v) is 6.87. The van der Waals surface area contributed by atoms with Crippen molar-refractivity contribution in [3.8, 4) is 0 Å². The third-order valence-electron chi connectivity index (χ3n) is 6.87. The summed E-state index contributed by atoms with van der Waals surface area (Å²) in [6, 6.07) is 0. The maximum atomic E-state index is 13.0. The van der Waals surface area contributed by atoms with Crippen LogP contribution in [0.3, 0.4) is 0 Å². The van der Waals surface area contributed by atoms with E-state index in [0.717, 1.165) is 32.5 Å². The molecule has 1 aromatic heterocycles. The minimum absolute atomic E-state index is 0.0962.